The number of carbonyl (C=O) groups is 1. The van der Waals surface area contributed by atoms with Crippen molar-refractivity contribution in [2.45, 2.75) is 23.6 Å². The molecular weight excluding hydrogens is 542 g/mol. The number of hydrogen-bond donors (Lipinski definition) is 1. The summed E-state index contributed by atoms with van der Waals surface area (Å²) >= 11 is 0. The van der Waals surface area contributed by atoms with E-state index in [-0.39, 0.29) is 22.9 Å². The molecule has 0 atom stereocenters. The predicted molar refractivity (Wildman–Crippen MR) is 148 cm³/mol. The number of hydrogen-bond acceptors (Lipinski definition) is 7. The third kappa shape index (κ3) is 6.77. The highest BCUT2D eigenvalue weighted by atomic mass is 32.2. The van der Waals surface area contributed by atoms with Crippen LogP contribution in [0.1, 0.15) is 12.5 Å². The molecule has 1 aliphatic rings. The molecule has 1 amide bonds. The Morgan fingerprint density at radius 3 is 2.08 bits per heavy atom. The average Bonchev–Trinajstić information content (AvgIpc) is 2.93. The molecule has 39 heavy (non-hydrogen) atoms. The SMILES string of the molecule is CCOc1ccc(N(CC(=O)Nc2ccc(S(=O)(=O)N3CCOCC3)cc2)S(=O)(=O)c2ccc(C)cc2)cc1. The number of carbonyl (C=O) groups excluding carboxylic acids is 1. The topological polar surface area (TPSA) is 122 Å². The fraction of sp³-hybridized carbons (Fsp3) is 0.296. The average molecular weight is 574 g/mol. The lowest BCUT2D eigenvalue weighted by atomic mass is 10.2. The van der Waals surface area contributed by atoms with Crippen LogP contribution in [0.3, 0.4) is 0 Å². The van der Waals surface area contributed by atoms with E-state index in [9.17, 15) is 21.6 Å². The molecule has 10 nitrogen and oxygen atoms in total. The van der Waals surface area contributed by atoms with E-state index in [1.54, 1.807) is 36.4 Å². The van der Waals surface area contributed by atoms with Gasteiger partial charge in [-0.05, 0) is 74.5 Å². The second kappa shape index (κ2) is 12.2. The highest BCUT2D eigenvalue weighted by Gasteiger charge is 2.28. The summed E-state index contributed by atoms with van der Waals surface area (Å²) in [6.07, 6.45) is 0. The van der Waals surface area contributed by atoms with Crippen molar-refractivity contribution in [1.82, 2.24) is 4.31 Å². The number of ether oxygens (including phenoxy) is 2. The van der Waals surface area contributed by atoms with E-state index in [2.05, 4.69) is 5.32 Å². The van der Waals surface area contributed by atoms with Crippen LogP contribution in [0.25, 0.3) is 0 Å². The Morgan fingerprint density at radius 2 is 1.49 bits per heavy atom. The van der Waals surface area contributed by atoms with Crippen molar-refractivity contribution in [3.8, 4) is 5.75 Å². The molecule has 0 bridgehead atoms. The van der Waals surface area contributed by atoms with Crippen LogP contribution in [0.2, 0.25) is 0 Å². The number of sulfonamides is 2. The summed E-state index contributed by atoms with van der Waals surface area (Å²) in [4.78, 5) is 13.2. The molecule has 12 heteroatoms. The number of nitrogens with zero attached hydrogens (tertiary/aromatic N) is 2. The van der Waals surface area contributed by atoms with Gasteiger partial charge in [-0.3, -0.25) is 9.10 Å². The minimum Gasteiger partial charge on any atom is -0.494 e. The maximum Gasteiger partial charge on any atom is 0.264 e. The zero-order valence-corrected chi connectivity index (χ0v) is 23.4. The molecule has 1 aliphatic heterocycles. The molecule has 0 saturated carbocycles. The van der Waals surface area contributed by atoms with Crippen molar-refractivity contribution in [3.63, 3.8) is 0 Å². The molecule has 0 radical (unpaired) electrons. The Kier molecular flexibility index (Phi) is 8.90. The Bertz CT molecular complexity index is 1480. The van der Waals surface area contributed by atoms with Gasteiger partial charge in [-0.2, -0.15) is 4.31 Å². The number of anilines is 2. The number of nitrogens with one attached hydrogen (secondary N) is 1. The predicted octanol–water partition coefficient (Wildman–Crippen LogP) is 3.25. The van der Waals surface area contributed by atoms with Crippen molar-refractivity contribution in [2.24, 2.45) is 0 Å². The molecule has 208 valence electrons. The molecule has 1 fully saturated rings. The molecular formula is C27H31N3O7S2. The third-order valence-electron chi connectivity index (χ3n) is 6.08. The highest BCUT2D eigenvalue weighted by Crippen LogP contribution is 2.27. The number of amides is 1. The van der Waals surface area contributed by atoms with E-state index in [0.717, 1.165) is 9.87 Å². The molecule has 0 unspecified atom stereocenters. The number of aryl methyl sites for hydroxylation is 1. The van der Waals surface area contributed by atoms with Gasteiger partial charge in [-0.15, -0.1) is 0 Å². The molecule has 0 aromatic heterocycles. The number of benzene rings is 3. The zero-order chi connectivity index (χ0) is 28.0. The van der Waals surface area contributed by atoms with Crippen LogP contribution in [0.15, 0.2) is 82.6 Å². The molecule has 4 rings (SSSR count). The lowest BCUT2D eigenvalue weighted by Crippen LogP contribution is -2.40. The largest absolute Gasteiger partial charge is 0.494 e. The molecule has 1 N–H and O–H groups in total. The van der Waals surface area contributed by atoms with Gasteiger partial charge in [0, 0.05) is 18.8 Å². The van der Waals surface area contributed by atoms with Gasteiger partial charge >= 0.3 is 0 Å². The van der Waals surface area contributed by atoms with Gasteiger partial charge in [-0.25, -0.2) is 16.8 Å². The molecule has 1 heterocycles. The monoisotopic (exact) mass is 573 g/mol. The summed E-state index contributed by atoms with van der Waals surface area (Å²) in [6.45, 7) is 4.88. The summed E-state index contributed by atoms with van der Waals surface area (Å²) < 4.78 is 65.9. The second-order valence-electron chi connectivity index (χ2n) is 8.84. The Hall–Kier alpha value is -3.45. The van der Waals surface area contributed by atoms with E-state index in [0.29, 0.717) is 36.9 Å². The fourth-order valence-corrected chi connectivity index (χ4v) is 6.83. The Balaban J connectivity index is 1.54. The lowest BCUT2D eigenvalue weighted by molar-refractivity contribution is -0.114. The number of rotatable bonds is 10. The first-order chi connectivity index (χ1) is 18.6. The van der Waals surface area contributed by atoms with E-state index >= 15 is 0 Å². The van der Waals surface area contributed by atoms with Gasteiger partial charge in [0.05, 0.1) is 35.3 Å². The molecule has 3 aromatic rings. The first-order valence-corrected chi connectivity index (χ1v) is 15.3. The van der Waals surface area contributed by atoms with Crippen molar-refractivity contribution in [1.29, 1.82) is 0 Å². The first-order valence-electron chi connectivity index (χ1n) is 12.4. The van der Waals surface area contributed by atoms with Gasteiger partial charge in [0.15, 0.2) is 0 Å². The summed E-state index contributed by atoms with van der Waals surface area (Å²) in [5.41, 5.74) is 1.53. The van der Waals surface area contributed by atoms with Crippen molar-refractivity contribution in [2.75, 3.05) is 49.1 Å². The molecule has 1 saturated heterocycles. The highest BCUT2D eigenvalue weighted by molar-refractivity contribution is 7.92. The normalized spacial score (nSPS) is 14.5. The molecule has 0 aliphatic carbocycles. The van der Waals surface area contributed by atoms with Crippen molar-refractivity contribution < 1.29 is 31.1 Å². The van der Waals surface area contributed by atoms with Gasteiger partial charge in [0.2, 0.25) is 15.9 Å². The lowest BCUT2D eigenvalue weighted by Gasteiger charge is -2.26. The van der Waals surface area contributed by atoms with Gasteiger partial charge in [-0.1, -0.05) is 17.7 Å². The minimum absolute atomic E-state index is 0.0486. The summed E-state index contributed by atoms with van der Waals surface area (Å²) in [5.74, 6) is -0.0196. The number of morpholine rings is 1. The van der Waals surface area contributed by atoms with Crippen LogP contribution in [0.5, 0.6) is 5.75 Å². The zero-order valence-electron chi connectivity index (χ0n) is 21.7. The van der Waals surface area contributed by atoms with Crippen molar-refractivity contribution in [3.05, 3.63) is 78.4 Å². The first kappa shape index (κ1) is 28.6. The van der Waals surface area contributed by atoms with Gasteiger partial charge in [0.25, 0.3) is 10.0 Å². The van der Waals surface area contributed by atoms with Crippen molar-refractivity contribution >= 4 is 37.3 Å². The van der Waals surface area contributed by atoms with Gasteiger partial charge < -0.3 is 14.8 Å². The van der Waals surface area contributed by atoms with E-state index in [1.165, 1.54) is 40.7 Å². The second-order valence-corrected chi connectivity index (χ2v) is 12.6. The standard InChI is InChI=1S/C27H31N3O7S2/c1-3-37-24-10-8-23(9-11-24)30(39(34,35)26-12-4-21(2)5-13-26)20-27(31)28-22-6-14-25(15-7-22)38(32,33)29-16-18-36-19-17-29/h4-15H,3,16-20H2,1-2H3,(H,28,31). The quantitative estimate of drug-likeness (QED) is 0.395. The maximum absolute atomic E-state index is 13.6. The van der Waals surface area contributed by atoms with Crippen LogP contribution in [0, 0.1) is 6.92 Å². The van der Waals surface area contributed by atoms with E-state index in [1.807, 2.05) is 13.8 Å². The maximum atomic E-state index is 13.6. The van der Waals surface area contributed by atoms with Gasteiger partial charge in [0.1, 0.15) is 12.3 Å². The summed E-state index contributed by atoms with van der Waals surface area (Å²) in [5, 5.41) is 2.67. The van der Waals surface area contributed by atoms with Crippen LogP contribution >= 0.6 is 0 Å². The van der Waals surface area contributed by atoms with Crippen LogP contribution < -0.4 is 14.4 Å². The van der Waals surface area contributed by atoms with E-state index < -0.39 is 32.5 Å². The smallest absolute Gasteiger partial charge is 0.264 e. The van der Waals surface area contributed by atoms with E-state index in [4.69, 9.17) is 9.47 Å². The third-order valence-corrected chi connectivity index (χ3v) is 9.78. The summed E-state index contributed by atoms with van der Waals surface area (Å²) in [7, 11) is -7.77. The van der Waals surface area contributed by atoms with Crippen LogP contribution in [-0.4, -0.2) is 66.5 Å². The Morgan fingerprint density at radius 1 is 0.897 bits per heavy atom. The fourth-order valence-electron chi connectivity index (χ4n) is 4.01. The summed E-state index contributed by atoms with van der Waals surface area (Å²) in [6, 6.07) is 18.6. The van der Waals surface area contributed by atoms with Crippen LogP contribution in [-0.2, 0) is 29.6 Å². The minimum atomic E-state index is -4.09. The molecule has 3 aromatic carbocycles. The van der Waals surface area contributed by atoms with Crippen LogP contribution in [0.4, 0.5) is 11.4 Å². The Labute approximate surface area is 229 Å². The molecule has 0 spiro atoms.